The van der Waals surface area contributed by atoms with E-state index in [1.54, 1.807) is 0 Å². The Labute approximate surface area is 125 Å². The molecule has 0 aliphatic rings. The van der Waals surface area contributed by atoms with E-state index in [0.717, 1.165) is 16.5 Å². The van der Waals surface area contributed by atoms with Crippen LogP contribution in [-0.2, 0) is 6.54 Å². The van der Waals surface area contributed by atoms with Gasteiger partial charge in [0.15, 0.2) is 0 Å². The fourth-order valence-electron chi connectivity index (χ4n) is 2.17. The standard InChI is InChI=1S/C15H11Cl2FN2/c16-12-5-10(18)6-13(17)15(12)20-8-9-7-19-14-4-2-1-3-11(9)14/h1-7,19-20H,8H2. The maximum absolute atomic E-state index is 13.1. The molecule has 3 aromatic rings. The van der Waals surface area contributed by atoms with E-state index in [1.807, 2.05) is 30.5 Å². The van der Waals surface area contributed by atoms with E-state index in [-0.39, 0.29) is 10.0 Å². The van der Waals surface area contributed by atoms with Gasteiger partial charge in [-0.25, -0.2) is 4.39 Å². The highest BCUT2D eigenvalue weighted by molar-refractivity contribution is 6.39. The second kappa shape index (κ2) is 5.35. The highest BCUT2D eigenvalue weighted by atomic mass is 35.5. The van der Waals surface area contributed by atoms with Gasteiger partial charge in [-0.05, 0) is 23.8 Å². The first-order valence-electron chi connectivity index (χ1n) is 6.08. The number of aromatic amines is 1. The number of anilines is 1. The van der Waals surface area contributed by atoms with Crippen molar-refractivity contribution < 1.29 is 4.39 Å². The van der Waals surface area contributed by atoms with Gasteiger partial charge in [-0.15, -0.1) is 0 Å². The van der Waals surface area contributed by atoms with Gasteiger partial charge >= 0.3 is 0 Å². The Morgan fingerprint density at radius 2 is 1.80 bits per heavy atom. The number of H-pyrrole nitrogens is 1. The van der Waals surface area contributed by atoms with E-state index in [0.29, 0.717) is 12.2 Å². The van der Waals surface area contributed by atoms with Gasteiger partial charge in [-0.3, -0.25) is 0 Å². The molecule has 0 saturated carbocycles. The Balaban J connectivity index is 1.87. The van der Waals surface area contributed by atoms with Crippen LogP contribution in [0.1, 0.15) is 5.56 Å². The molecular formula is C15H11Cl2FN2. The van der Waals surface area contributed by atoms with Gasteiger partial charge in [-0.1, -0.05) is 41.4 Å². The molecule has 2 aromatic carbocycles. The average molecular weight is 309 g/mol. The van der Waals surface area contributed by atoms with E-state index in [1.165, 1.54) is 12.1 Å². The molecule has 0 saturated heterocycles. The van der Waals surface area contributed by atoms with Gasteiger partial charge < -0.3 is 10.3 Å². The smallest absolute Gasteiger partial charge is 0.126 e. The summed E-state index contributed by atoms with van der Waals surface area (Å²) < 4.78 is 13.1. The quantitative estimate of drug-likeness (QED) is 0.681. The van der Waals surface area contributed by atoms with E-state index in [2.05, 4.69) is 10.3 Å². The van der Waals surface area contributed by atoms with Crippen LogP contribution in [0.2, 0.25) is 10.0 Å². The minimum atomic E-state index is -0.447. The van der Waals surface area contributed by atoms with Gasteiger partial charge in [0.25, 0.3) is 0 Å². The summed E-state index contributed by atoms with van der Waals surface area (Å²) in [5, 5.41) is 4.83. The fourth-order valence-corrected chi connectivity index (χ4v) is 2.77. The summed E-state index contributed by atoms with van der Waals surface area (Å²) in [7, 11) is 0. The summed E-state index contributed by atoms with van der Waals surface area (Å²) in [5.41, 5.74) is 2.71. The van der Waals surface area contributed by atoms with Crippen molar-refractivity contribution in [3.05, 3.63) is 64.0 Å². The number of hydrogen-bond acceptors (Lipinski definition) is 1. The number of hydrogen-bond donors (Lipinski definition) is 2. The van der Waals surface area contributed by atoms with Crippen molar-refractivity contribution in [1.82, 2.24) is 4.98 Å². The summed E-state index contributed by atoms with van der Waals surface area (Å²) in [6.45, 7) is 0.551. The third-order valence-electron chi connectivity index (χ3n) is 3.14. The highest BCUT2D eigenvalue weighted by Crippen LogP contribution is 2.32. The van der Waals surface area contributed by atoms with Crippen LogP contribution in [0.5, 0.6) is 0 Å². The molecule has 1 heterocycles. The van der Waals surface area contributed by atoms with Crippen molar-refractivity contribution in [3.63, 3.8) is 0 Å². The van der Waals surface area contributed by atoms with Crippen LogP contribution in [0.3, 0.4) is 0 Å². The van der Waals surface area contributed by atoms with E-state index >= 15 is 0 Å². The number of rotatable bonds is 3. The van der Waals surface area contributed by atoms with Gasteiger partial charge in [-0.2, -0.15) is 0 Å². The molecule has 0 bridgehead atoms. The molecule has 0 aliphatic carbocycles. The molecule has 0 fully saturated rings. The van der Waals surface area contributed by atoms with Crippen LogP contribution in [0.15, 0.2) is 42.6 Å². The molecule has 3 rings (SSSR count). The van der Waals surface area contributed by atoms with Gasteiger partial charge in [0.1, 0.15) is 5.82 Å². The predicted molar refractivity (Wildman–Crippen MR) is 82.0 cm³/mol. The topological polar surface area (TPSA) is 27.8 Å². The minimum Gasteiger partial charge on any atom is -0.378 e. The summed E-state index contributed by atoms with van der Waals surface area (Å²) in [4.78, 5) is 3.20. The second-order valence-electron chi connectivity index (χ2n) is 4.46. The molecule has 0 radical (unpaired) electrons. The van der Waals surface area contributed by atoms with E-state index in [4.69, 9.17) is 23.2 Å². The van der Waals surface area contributed by atoms with Crippen LogP contribution in [0.4, 0.5) is 10.1 Å². The minimum absolute atomic E-state index is 0.273. The lowest BCUT2D eigenvalue weighted by atomic mass is 10.2. The Kier molecular flexibility index (Phi) is 3.55. The third-order valence-corrected chi connectivity index (χ3v) is 3.73. The monoisotopic (exact) mass is 308 g/mol. The van der Waals surface area contributed by atoms with Crippen LogP contribution in [-0.4, -0.2) is 4.98 Å². The van der Waals surface area contributed by atoms with Crippen LogP contribution in [0, 0.1) is 5.82 Å². The summed E-state index contributed by atoms with van der Waals surface area (Å²) in [6.07, 6.45) is 1.93. The Hall–Kier alpha value is -1.71. The second-order valence-corrected chi connectivity index (χ2v) is 5.27. The van der Waals surface area contributed by atoms with Crippen LogP contribution < -0.4 is 5.32 Å². The first-order valence-corrected chi connectivity index (χ1v) is 6.84. The molecule has 5 heteroatoms. The number of halogens is 3. The lowest BCUT2D eigenvalue weighted by Gasteiger charge is -2.10. The van der Waals surface area contributed by atoms with Gasteiger partial charge in [0.05, 0.1) is 15.7 Å². The zero-order valence-electron chi connectivity index (χ0n) is 10.4. The zero-order valence-corrected chi connectivity index (χ0v) is 11.9. The number of aromatic nitrogens is 1. The molecule has 0 spiro atoms. The predicted octanol–water partition coefficient (Wildman–Crippen LogP) is 5.23. The molecule has 0 amide bonds. The molecule has 102 valence electrons. The number of nitrogens with one attached hydrogen (secondary N) is 2. The number of benzene rings is 2. The van der Waals surface area contributed by atoms with Crippen molar-refractivity contribution in [2.45, 2.75) is 6.54 Å². The third kappa shape index (κ3) is 2.47. The van der Waals surface area contributed by atoms with Crippen LogP contribution >= 0.6 is 23.2 Å². The number of fused-ring (bicyclic) bond motifs is 1. The molecule has 2 N–H and O–H groups in total. The van der Waals surface area contributed by atoms with Crippen molar-refractivity contribution in [3.8, 4) is 0 Å². The highest BCUT2D eigenvalue weighted by Gasteiger charge is 2.09. The zero-order chi connectivity index (χ0) is 14.1. The van der Waals surface area contributed by atoms with Gasteiger partial charge in [0.2, 0.25) is 0 Å². The van der Waals surface area contributed by atoms with Crippen molar-refractivity contribution in [1.29, 1.82) is 0 Å². The fraction of sp³-hybridized carbons (Fsp3) is 0.0667. The summed E-state index contributed by atoms with van der Waals surface area (Å²) >= 11 is 12.0. The first-order chi connectivity index (χ1) is 9.65. The Morgan fingerprint density at radius 1 is 1.10 bits per heavy atom. The largest absolute Gasteiger partial charge is 0.378 e. The van der Waals surface area contributed by atoms with E-state index in [9.17, 15) is 4.39 Å². The van der Waals surface area contributed by atoms with Crippen LogP contribution in [0.25, 0.3) is 10.9 Å². The molecule has 20 heavy (non-hydrogen) atoms. The maximum atomic E-state index is 13.1. The van der Waals surface area contributed by atoms with E-state index < -0.39 is 5.82 Å². The van der Waals surface area contributed by atoms with Gasteiger partial charge in [0, 0.05) is 23.6 Å². The Morgan fingerprint density at radius 3 is 2.55 bits per heavy atom. The van der Waals surface area contributed by atoms with Crippen molar-refractivity contribution in [2.75, 3.05) is 5.32 Å². The summed E-state index contributed by atoms with van der Waals surface area (Å²) in [5.74, 6) is -0.447. The molecule has 1 aromatic heterocycles. The lowest BCUT2D eigenvalue weighted by molar-refractivity contribution is 0.628. The normalized spacial score (nSPS) is 10.9. The lowest BCUT2D eigenvalue weighted by Crippen LogP contribution is -2.00. The molecule has 0 atom stereocenters. The Bertz CT molecular complexity index is 744. The first kappa shape index (κ1) is 13.3. The molecule has 0 aliphatic heterocycles. The maximum Gasteiger partial charge on any atom is 0.126 e. The molecule has 0 unspecified atom stereocenters. The number of para-hydroxylation sites is 1. The van der Waals surface area contributed by atoms with Crippen molar-refractivity contribution >= 4 is 39.8 Å². The van der Waals surface area contributed by atoms with Crippen molar-refractivity contribution in [2.24, 2.45) is 0 Å². The summed E-state index contributed by atoms with van der Waals surface area (Å²) in [6, 6.07) is 10.5. The molecule has 2 nitrogen and oxygen atoms in total. The molecular weight excluding hydrogens is 298 g/mol. The SMILES string of the molecule is Fc1cc(Cl)c(NCc2c[nH]c3ccccc23)c(Cl)c1. The average Bonchev–Trinajstić information content (AvgIpc) is 2.81.